The highest BCUT2D eigenvalue weighted by molar-refractivity contribution is 5.34. The zero-order chi connectivity index (χ0) is 12.3. The molecule has 16 heavy (non-hydrogen) atoms. The summed E-state index contributed by atoms with van der Waals surface area (Å²) >= 11 is 0. The predicted octanol–water partition coefficient (Wildman–Crippen LogP) is 2.80. The number of nitrogens with zero attached hydrogens (tertiary/aromatic N) is 2. The van der Waals surface area contributed by atoms with Gasteiger partial charge in [-0.1, -0.05) is 6.07 Å². The highest BCUT2D eigenvalue weighted by Gasteiger charge is 2.31. The average Bonchev–Trinajstić information content (AvgIpc) is 2.26. The molecule has 0 saturated carbocycles. The van der Waals surface area contributed by atoms with E-state index in [1.807, 2.05) is 0 Å². The smallest absolute Gasteiger partial charge is 0.194 e. The number of rotatable bonds is 2. The lowest BCUT2D eigenvalue weighted by Gasteiger charge is -2.19. The molecule has 1 aromatic rings. The van der Waals surface area contributed by atoms with Crippen LogP contribution in [0, 0.1) is 40.1 Å². The summed E-state index contributed by atoms with van der Waals surface area (Å²) in [6.45, 7) is 1.30. The summed E-state index contributed by atoms with van der Waals surface area (Å²) in [5, 5.41) is 17.4. The van der Waals surface area contributed by atoms with E-state index < -0.39 is 22.9 Å². The van der Waals surface area contributed by atoms with Crippen LogP contribution in [-0.4, -0.2) is 0 Å². The lowest BCUT2D eigenvalue weighted by atomic mass is 9.81. The second-order valence-electron chi connectivity index (χ2n) is 3.50. The van der Waals surface area contributed by atoms with Crippen molar-refractivity contribution in [2.45, 2.75) is 18.8 Å². The van der Waals surface area contributed by atoms with Crippen LogP contribution < -0.4 is 0 Å². The maximum atomic E-state index is 13.4. The Hall–Kier alpha value is -2.01. The van der Waals surface area contributed by atoms with E-state index >= 15 is 0 Å². The van der Waals surface area contributed by atoms with Crippen molar-refractivity contribution < 1.29 is 13.2 Å². The second kappa shape index (κ2) is 4.24. The minimum absolute atomic E-state index is 0.300. The van der Waals surface area contributed by atoms with Gasteiger partial charge in [0, 0.05) is 5.56 Å². The fraction of sp³-hybridized carbons (Fsp3) is 0.273. The van der Waals surface area contributed by atoms with Crippen molar-refractivity contribution in [3.8, 4) is 12.1 Å². The lowest BCUT2D eigenvalue weighted by molar-refractivity contribution is 0.428. The normalized spacial score (nSPS) is 13.6. The van der Waals surface area contributed by atoms with Gasteiger partial charge in [-0.3, -0.25) is 0 Å². The Bertz CT molecular complexity index is 499. The van der Waals surface area contributed by atoms with Gasteiger partial charge in [-0.05, 0) is 13.0 Å². The van der Waals surface area contributed by atoms with Crippen LogP contribution in [0.4, 0.5) is 13.2 Å². The van der Waals surface area contributed by atoms with Crippen molar-refractivity contribution in [2.75, 3.05) is 0 Å². The topological polar surface area (TPSA) is 47.6 Å². The van der Waals surface area contributed by atoms with E-state index in [4.69, 9.17) is 10.5 Å². The van der Waals surface area contributed by atoms with Crippen molar-refractivity contribution in [3.05, 3.63) is 35.1 Å². The largest absolute Gasteiger partial charge is 0.204 e. The highest BCUT2D eigenvalue weighted by atomic mass is 19.2. The van der Waals surface area contributed by atoms with Gasteiger partial charge in [0.1, 0.15) is 0 Å². The first kappa shape index (κ1) is 12.1. The lowest BCUT2D eigenvalue weighted by Crippen LogP contribution is -2.21. The molecule has 0 spiro atoms. The summed E-state index contributed by atoms with van der Waals surface area (Å²) in [5.41, 5.74) is -1.79. The fourth-order valence-electron chi connectivity index (χ4n) is 1.31. The summed E-state index contributed by atoms with van der Waals surface area (Å²) in [7, 11) is 0. The van der Waals surface area contributed by atoms with Gasteiger partial charge in [-0.25, -0.2) is 13.2 Å². The Kier molecular flexibility index (Phi) is 3.20. The summed E-state index contributed by atoms with van der Waals surface area (Å²) < 4.78 is 39.0. The summed E-state index contributed by atoms with van der Waals surface area (Å²) in [6.07, 6.45) is -0.300. The summed E-state index contributed by atoms with van der Waals surface area (Å²) in [5.74, 6) is -4.37. The molecule has 0 aliphatic heterocycles. The molecule has 0 radical (unpaired) electrons. The van der Waals surface area contributed by atoms with Crippen LogP contribution >= 0.6 is 0 Å². The standard InChI is InChI=1S/C11H7F3N2/c1-11(6-16,4-5-15)7-2-3-8(12)10(14)9(7)13/h2-3H,4H2,1H3. The third-order valence-corrected chi connectivity index (χ3v) is 2.31. The van der Waals surface area contributed by atoms with Crippen LogP contribution in [0.5, 0.6) is 0 Å². The zero-order valence-electron chi connectivity index (χ0n) is 8.39. The maximum absolute atomic E-state index is 13.4. The summed E-state index contributed by atoms with van der Waals surface area (Å²) in [6, 6.07) is 5.16. The van der Waals surface area contributed by atoms with Crippen molar-refractivity contribution in [3.63, 3.8) is 0 Å². The van der Waals surface area contributed by atoms with Crippen molar-refractivity contribution >= 4 is 0 Å². The highest BCUT2D eigenvalue weighted by Crippen LogP contribution is 2.30. The van der Waals surface area contributed by atoms with E-state index in [0.717, 1.165) is 12.1 Å². The van der Waals surface area contributed by atoms with Crippen LogP contribution in [0.1, 0.15) is 18.9 Å². The Balaban J connectivity index is 3.40. The van der Waals surface area contributed by atoms with Crippen LogP contribution in [0.15, 0.2) is 12.1 Å². The van der Waals surface area contributed by atoms with Crippen molar-refractivity contribution in [1.29, 1.82) is 10.5 Å². The maximum Gasteiger partial charge on any atom is 0.194 e. The number of hydrogen-bond acceptors (Lipinski definition) is 2. The van der Waals surface area contributed by atoms with E-state index in [9.17, 15) is 13.2 Å². The minimum atomic E-state index is -1.63. The van der Waals surface area contributed by atoms with Crippen LogP contribution in [0.3, 0.4) is 0 Å². The number of hydrogen-bond donors (Lipinski definition) is 0. The molecule has 0 fully saturated rings. The van der Waals surface area contributed by atoms with E-state index in [1.165, 1.54) is 6.92 Å². The SMILES string of the molecule is CC(C#N)(CC#N)c1ccc(F)c(F)c1F. The van der Waals surface area contributed by atoms with E-state index in [-0.39, 0.29) is 12.0 Å². The zero-order valence-corrected chi connectivity index (χ0v) is 8.39. The molecule has 1 rings (SSSR count). The molecule has 1 atom stereocenters. The first-order chi connectivity index (χ1) is 7.46. The number of halogens is 3. The quantitative estimate of drug-likeness (QED) is 0.725. The van der Waals surface area contributed by atoms with Crippen LogP contribution in [0.25, 0.3) is 0 Å². The first-order valence-electron chi connectivity index (χ1n) is 4.38. The fourth-order valence-corrected chi connectivity index (χ4v) is 1.31. The third kappa shape index (κ3) is 1.85. The molecule has 0 saturated heterocycles. The second-order valence-corrected chi connectivity index (χ2v) is 3.50. The van der Waals surface area contributed by atoms with Gasteiger partial charge < -0.3 is 0 Å². The van der Waals surface area contributed by atoms with E-state index in [0.29, 0.717) is 0 Å². The molecule has 2 nitrogen and oxygen atoms in total. The van der Waals surface area contributed by atoms with E-state index in [2.05, 4.69) is 0 Å². The van der Waals surface area contributed by atoms with Gasteiger partial charge >= 0.3 is 0 Å². The van der Waals surface area contributed by atoms with Gasteiger partial charge in [0.25, 0.3) is 0 Å². The predicted molar refractivity (Wildman–Crippen MR) is 49.5 cm³/mol. The number of nitriles is 2. The first-order valence-corrected chi connectivity index (χ1v) is 4.38. The molecule has 0 N–H and O–H groups in total. The molecule has 82 valence electrons. The van der Waals surface area contributed by atoms with Gasteiger partial charge in [0.2, 0.25) is 0 Å². The van der Waals surface area contributed by atoms with Crippen LogP contribution in [-0.2, 0) is 5.41 Å². The molecule has 1 aromatic carbocycles. The van der Waals surface area contributed by atoms with Gasteiger partial charge in [0.15, 0.2) is 17.5 Å². The molecule has 0 heterocycles. The van der Waals surface area contributed by atoms with Crippen molar-refractivity contribution in [2.24, 2.45) is 0 Å². The van der Waals surface area contributed by atoms with Gasteiger partial charge in [0.05, 0.1) is 24.0 Å². The molecule has 1 unspecified atom stereocenters. The monoisotopic (exact) mass is 224 g/mol. The molecular formula is C11H7F3N2. The molecule has 0 bridgehead atoms. The minimum Gasteiger partial charge on any atom is -0.204 e. The molecule has 5 heteroatoms. The Morgan fingerprint density at radius 2 is 1.81 bits per heavy atom. The summed E-state index contributed by atoms with van der Waals surface area (Å²) in [4.78, 5) is 0. The molecule has 0 aromatic heterocycles. The molecular weight excluding hydrogens is 217 g/mol. The van der Waals surface area contributed by atoms with E-state index in [1.54, 1.807) is 12.1 Å². The number of benzene rings is 1. The molecule has 0 aliphatic carbocycles. The van der Waals surface area contributed by atoms with Gasteiger partial charge in [-0.2, -0.15) is 10.5 Å². The Morgan fingerprint density at radius 3 is 2.31 bits per heavy atom. The van der Waals surface area contributed by atoms with Crippen molar-refractivity contribution in [1.82, 2.24) is 0 Å². The van der Waals surface area contributed by atoms with Crippen LogP contribution in [0.2, 0.25) is 0 Å². The Morgan fingerprint density at radius 1 is 1.19 bits per heavy atom. The Labute approximate surface area is 90.5 Å². The third-order valence-electron chi connectivity index (χ3n) is 2.31. The average molecular weight is 224 g/mol. The molecule has 0 amide bonds. The molecule has 0 aliphatic rings. The van der Waals surface area contributed by atoms with Gasteiger partial charge in [-0.15, -0.1) is 0 Å².